The van der Waals surface area contributed by atoms with Crippen LogP contribution in [0.15, 0.2) is 41.2 Å². The Labute approximate surface area is 182 Å². The van der Waals surface area contributed by atoms with E-state index in [-0.39, 0.29) is 0 Å². The van der Waals surface area contributed by atoms with Crippen LogP contribution in [0.4, 0.5) is 5.82 Å². The second-order valence-corrected chi connectivity index (χ2v) is 10.7. The summed E-state index contributed by atoms with van der Waals surface area (Å²) in [5.41, 5.74) is 2.93. The number of anilines is 1. The van der Waals surface area contributed by atoms with Crippen molar-refractivity contribution >= 4 is 21.1 Å². The summed E-state index contributed by atoms with van der Waals surface area (Å²) in [6.07, 6.45) is 5.10. The van der Waals surface area contributed by atoms with Crippen LogP contribution < -0.4 is 9.64 Å². The topological polar surface area (TPSA) is 95.9 Å². The molecule has 31 heavy (non-hydrogen) atoms. The molecule has 0 atom stereocenters. The number of ether oxygens (including phenoxy) is 1. The van der Waals surface area contributed by atoms with E-state index in [9.17, 15) is 9.47 Å². The smallest absolute Gasteiger partial charge is 0.137 e. The first-order valence-corrected chi connectivity index (χ1v) is 12.1. The quantitative estimate of drug-likeness (QED) is 0.607. The number of pyridine rings is 2. The maximum Gasteiger partial charge on any atom is 0.137 e. The number of aromatic nitrogens is 3. The van der Waals surface area contributed by atoms with Gasteiger partial charge in [0.2, 0.25) is 0 Å². The monoisotopic (exact) mass is 438 g/mol. The average Bonchev–Trinajstić information content (AvgIpc) is 3.21. The zero-order valence-electron chi connectivity index (χ0n) is 18.0. The van der Waals surface area contributed by atoms with Crippen LogP contribution in [0.3, 0.4) is 0 Å². The average molecular weight is 439 g/mol. The molecule has 8 nitrogen and oxygen atoms in total. The second kappa shape index (κ2) is 8.55. The molecule has 0 bridgehead atoms. The number of hydrogen-bond donors (Lipinski definition) is 0. The summed E-state index contributed by atoms with van der Waals surface area (Å²) in [6, 6.07) is 8.04. The first kappa shape index (κ1) is 21.1. The first-order chi connectivity index (χ1) is 14.9. The summed E-state index contributed by atoms with van der Waals surface area (Å²) in [6.45, 7) is 6.19. The Morgan fingerprint density at radius 3 is 2.68 bits per heavy atom. The van der Waals surface area contributed by atoms with Gasteiger partial charge in [-0.05, 0) is 24.1 Å². The third-order valence-corrected chi connectivity index (χ3v) is 7.62. The fourth-order valence-corrected chi connectivity index (χ4v) is 5.65. The molecule has 0 aliphatic carbocycles. The fourth-order valence-electron chi connectivity index (χ4n) is 3.61. The molecule has 1 saturated heterocycles. The summed E-state index contributed by atoms with van der Waals surface area (Å²) in [5, 5.41) is 13.7. The molecule has 0 radical (unpaired) electrons. The normalized spacial score (nSPS) is 15.8. The highest BCUT2D eigenvalue weighted by Gasteiger charge is 2.22. The van der Waals surface area contributed by atoms with E-state index in [0.717, 1.165) is 22.5 Å². The standard InChI is InChI=1S/C22H26N6O2S/c1-16(2)12-26-31(29)8-6-27(7-9-31)21-5-4-17(13-24-21)20-10-19(30-3)15-28-22(20)18(11-23)14-25-28/h4-5,10,13-16H,6-9,12H2,1-3H3. The van der Waals surface area contributed by atoms with Gasteiger partial charge in [-0.25, -0.2) is 18.1 Å². The Bertz CT molecular complexity index is 1240. The molecule has 1 fully saturated rings. The highest BCUT2D eigenvalue weighted by Crippen LogP contribution is 2.31. The molecule has 3 aromatic heterocycles. The largest absolute Gasteiger partial charge is 0.495 e. The van der Waals surface area contributed by atoms with Crippen molar-refractivity contribution in [1.82, 2.24) is 14.6 Å². The van der Waals surface area contributed by atoms with Crippen LogP contribution in [-0.4, -0.2) is 57.1 Å². The SMILES string of the molecule is COc1cc(-c2ccc(N3CCS(=O)(=NCC(C)C)CC3)nc2)c2c(C#N)cnn2c1. The lowest BCUT2D eigenvalue weighted by molar-refractivity contribution is 0.412. The first-order valence-electron chi connectivity index (χ1n) is 10.3. The Morgan fingerprint density at radius 1 is 1.29 bits per heavy atom. The minimum atomic E-state index is -2.11. The van der Waals surface area contributed by atoms with E-state index in [1.807, 2.05) is 18.2 Å². The predicted molar refractivity (Wildman–Crippen MR) is 122 cm³/mol. The van der Waals surface area contributed by atoms with Crippen LogP contribution in [0.25, 0.3) is 16.6 Å². The zero-order valence-corrected chi connectivity index (χ0v) is 18.8. The van der Waals surface area contributed by atoms with Crippen molar-refractivity contribution < 1.29 is 8.95 Å². The molecule has 4 heterocycles. The molecule has 4 rings (SSSR count). The molecule has 0 N–H and O–H groups in total. The number of hydrogen-bond acceptors (Lipinski definition) is 7. The van der Waals surface area contributed by atoms with E-state index in [2.05, 4.69) is 39.3 Å². The lowest BCUT2D eigenvalue weighted by Crippen LogP contribution is -2.40. The van der Waals surface area contributed by atoms with Crippen molar-refractivity contribution in [3.05, 3.63) is 42.4 Å². The Morgan fingerprint density at radius 2 is 2.06 bits per heavy atom. The van der Waals surface area contributed by atoms with Crippen molar-refractivity contribution in [3.8, 4) is 22.9 Å². The maximum absolute atomic E-state index is 12.9. The van der Waals surface area contributed by atoms with Crippen molar-refractivity contribution in [2.45, 2.75) is 13.8 Å². The number of methoxy groups -OCH3 is 1. The van der Waals surface area contributed by atoms with Crippen LogP contribution in [0.1, 0.15) is 19.4 Å². The molecule has 1 aliphatic rings. The van der Waals surface area contributed by atoms with Gasteiger partial charge >= 0.3 is 0 Å². The highest BCUT2D eigenvalue weighted by molar-refractivity contribution is 7.93. The molecule has 9 heteroatoms. The number of rotatable bonds is 5. The van der Waals surface area contributed by atoms with Crippen molar-refractivity contribution in [3.63, 3.8) is 0 Å². The molecular weight excluding hydrogens is 412 g/mol. The molecule has 0 saturated carbocycles. The van der Waals surface area contributed by atoms with Gasteiger partial charge in [-0.1, -0.05) is 13.8 Å². The Hall–Kier alpha value is -3.12. The van der Waals surface area contributed by atoms with Gasteiger partial charge in [0.25, 0.3) is 0 Å². The fraction of sp³-hybridized carbons (Fsp3) is 0.409. The number of nitrogens with zero attached hydrogens (tertiary/aromatic N) is 6. The van der Waals surface area contributed by atoms with Crippen LogP contribution in [-0.2, 0) is 9.73 Å². The summed E-state index contributed by atoms with van der Waals surface area (Å²) >= 11 is 0. The maximum atomic E-state index is 12.9. The summed E-state index contributed by atoms with van der Waals surface area (Å²) in [5.74, 6) is 3.06. The summed E-state index contributed by atoms with van der Waals surface area (Å²) < 4.78 is 24.4. The molecule has 0 amide bonds. The molecule has 0 spiro atoms. The van der Waals surface area contributed by atoms with E-state index in [4.69, 9.17) is 4.74 Å². The van der Waals surface area contributed by atoms with E-state index in [1.165, 1.54) is 0 Å². The molecule has 1 aliphatic heterocycles. The lowest BCUT2D eigenvalue weighted by atomic mass is 10.1. The minimum Gasteiger partial charge on any atom is -0.495 e. The third kappa shape index (κ3) is 4.35. The van der Waals surface area contributed by atoms with Crippen molar-refractivity contribution in [2.24, 2.45) is 10.3 Å². The number of fused-ring (bicyclic) bond motifs is 1. The van der Waals surface area contributed by atoms with Crippen LogP contribution >= 0.6 is 0 Å². The predicted octanol–water partition coefficient (Wildman–Crippen LogP) is 3.22. The van der Waals surface area contributed by atoms with Gasteiger partial charge in [-0.15, -0.1) is 0 Å². The van der Waals surface area contributed by atoms with Gasteiger partial charge in [0.15, 0.2) is 0 Å². The van der Waals surface area contributed by atoms with Gasteiger partial charge < -0.3 is 9.64 Å². The minimum absolute atomic E-state index is 0.422. The van der Waals surface area contributed by atoms with Gasteiger partial charge in [0.05, 0.1) is 46.9 Å². The summed E-state index contributed by atoms with van der Waals surface area (Å²) in [4.78, 5) is 6.80. The Balaban J connectivity index is 1.59. The van der Waals surface area contributed by atoms with Crippen molar-refractivity contribution in [2.75, 3.05) is 43.1 Å². The van der Waals surface area contributed by atoms with Gasteiger partial charge in [-0.3, -0.25) is 0 Å². The van der Waals surface area contributed by atoms with E-state index < -0.39 is 9.73 Å². The second-order valence-electron chi connectivity index (χ2n) is 8.04. The van der Waals surface area contributed by atoms with E-state index >= 15 is 0 Å². The zero-order chi connectivity index (χ0) is 22.0. The molecular formula is C22H26N6O2S. The van der Waals surface area contributed by atoms with Crippen LogP contribution in [0.5, 0.6) is 5.75 Å². The Kier molecular flexibility index (Phi) is 5.83. The highest BCUT2D eigenvalue weighted by atomic mass is 32.2. The lowest BCUT2D eigenvalue weighted by Gasteiger charge is -2.30. The summed E-state index contributed by atoms with van der Waals surface area (Å²) in [7, 11) is -0.509. The van der Waals surface area contributed by atoms with Crippen molar-refractivity contribution in [1.29, 1.82) is 5.26 Å². The van der Waals surface area contributed by atoms with Gasteiger partial charge in [-0.2, -0.15) is 10.4 Å². The molecule has 0 aromatic carbocycles. The van der Waals surface area contributed by atoms with Gasteiger partial charge in [0, 0.05) is 41.9 Å². The van der Waals surface area contributed by atoms with Gasteiger partial charge in [0.1, 0.15) is 17.6 Å². The third-order valence-electron chi connectivity index (χ3n) is 5.36. The van der Waals surface area contributed by atoms with E-state index in [0.29, 0.717) is 48.4 Å². The van der Waals surface area contributed by atoms with Crippen LogP contribution in [0.2, 0.25) is 0 Å². The molecule has 162 valence electrons. The number of nitriles is 1. The molecule has 3 aromatic rings. The molecule has 0 unspecified atom stereocenters. The van der Waals surface area contributed by atoms with E-state index in [1.54, 1.807) is 30.2 Å². The van der Waals surface area contributed by atoms with Crippen LogP contribution in [0, 0.1) is 17.2 Å².